The first-order chi connectivity index (χ1) is 8.29. The quantitative estimate of drug-likeness (QED) is 0.793. The number of hydrogen-bond acceptors (Lipinski definition) is 2. The summed E-state index contributed by atoms with van der Waals surface area (Å²) in [6.45, 7) is 5.91. The third-order valence-corrected chi connectivity index (χ3v) is 3.09. The molecule has 0 unspecified atom stereocenters. The maximum absolute atomic E-state index is 11.8. The fourth-order valence-corrected chi connectivity index (χ4v) is 2.03. The van der Waals surface area contributed by atoms with Gasteiger partial charge in [0, 0.05) is 10.4 Å². The predicted octanol–water partition coefficient (Wildman–Crippen LogP) is 4.03. The van der Waals surface area contributed by atoms with Gasteiger partial charge < -0.3 is 4.42 Å². The molecule has 5 heteroatoms. The van der Waals surface area contributed by atoms with Crippen LogP contribution in [0, 0.1) is 0 Å². The van der Waals surface area contributed by atoms with E-state index in [-0.39, 0.29) is 5.41 Å². The highest BCUT2D eigenvalue weighted by Gasteiger charge is 2.21. The van der Waals surface area contributed by atoms with Gasteiger partial charge in [-0.15, -0.1) is 0 Å². The summed E-state index contributed by atoms with van der Waals surface area (Å²) in [6, 6.07) is 4.96. The Kier molecular flexibility index (Phi) is 3.30. The van der Waals surface area contributed by atoms with Gasteiger partial charge in [0.05, 0.1) is 16.9 Å². The monoisotopic (exact) mass is 285 g/mol. The minimum atomic E-state index is -0.454. The molecule has 96 valence electrons. The molecule has 2 aromatic rings. The SMILES string of the molecule is CC(C)(C)c1cn(-c2ccc(Cl)cc2Cl)c(=O)o1. The summed E-state index contributed by atoms with van der Waals surface area (Å²) in [5.74, 6) is 0.155. The van der Waals surface area contributed by atoms with Gasteiger partial charge in [0.1, 0.15) is 5.76 Å². The number of benzene rings is 1. The smallest absolute Gasteiger partial charge is 0.412 e. The Hall–Kier alpha value is -1.19. The Morgan fingerprint density at radius 1 is 1.22 bits per heavy atom. The zero-order chi connectivity index (χ0) is 13.5. The van der Waals surface area contributed by atoms with Crippen LogP contribution >= 0.6 is 23.2 Å². The van der Waals surface area contributed by atoms with Gasteiger partial charge in [-0.25, -0.2) is 9.36 Å². The molecule has 0 aliphatic heterocycles. The maximum atomic E-state index is 11.8. The summed E-state index contributed by atoms with van der Waals surface area (Å²) in [7, 11) is 0. The molecule has 0 radical (unpaired) electrons. The highest BCUT2D eigenvalue weighted by Crippen LogP contribution is 2.26. The van der Waals surface area contributed by atoms with Crippen LogP contribution in [-0.4, -0.2) is 4.57 Å². The number of nitrogens with zero attached hydrogens (tertiary/aromatic N) is 1. The van der Waals surface area contributed by atoms with Crippen LogP contribution in [0.1, 0.15) is 26.5 Å². The van der Waals surface area contributed by atoms with Crippen LogP contribution in [0.25, 0.3) is 5.69 Å². The number of hydrogen-bond donors (Lipinski definition) is 0. The van der Waals surface area contributed by atoms with Crippen molar-refractivity contribution in [2.24, 2.45) is 0 Å². The molecule has 3 nitrogen and oxygen atoms in total. The first kappa shape index (κ1) is 13.2. The summed E-state index contributed by atoms with van der Waals surface area (Å²) < 4.78 is 6.62. The van der Waals surface area contributed by atoms with Crippen molar-refractivity contribution in [3.8, 4) is 5.69 Å². The molecule has 0 amide bonds. The molecule has 18 heavy (non-hydrogen) atoms. The van der Waals surface area contributed by atoms with E-state index in [4.69, 9.17) is 27.6 Å². The number of rotatable bonds is 1. The Labute approximate surface area is 115 Å². The van der Waals surface area contributed by atoms with Crippen molar-refractivity contribution in [2.75, 3.05) is 0 Å². The molecule has 0 aliphatic rings. The lowest BCUT2D eigenvalue weighted by Gasteiger charge is -2.12. The van der Waals surface area contributed by atoms with E-state index in [9.17, 15) is 4.79 Å². The molecule has 1 aromatic carbocycles. The van der Waals surface area contributed by atoms with E-state index in [2.05, 4.69) is 0 Å². The highest BCUT2D eigenvalue weighted by molar-refractivity contribution is 6.35. The second-order valence-electron chi connectivity index (χ2n) is 5.08. The standard InChI is InChI=1S/C13H13Cl2NO2/c1-13(2,3)11-7-16(12(17)18-11)10-5-4-8(14)6-9(10)15/h4-7H,1-3H3. The van der Waals surface area contributed by atoms with E-state index >= 15 is 0 Å². The van der Waals surface area contributed by atoms with Crippen LogP contribution in [0.2, 0.25) is 10.0 Å². The number of halogens is 2. The first-order valence-corrected chi connectivity index (χ1v) is 6.23. The van der Waals surface area contributed by atoms with Crippen LogP contribution in [-0.2, 0) is 5.41 Å². The van der Waals surface area contributed by atoms with E-state index in [0.29, 0.717) is 21.5 Å². The van der Waals surface area contributed by atoms with Crippen LogP contribution in [0.4, 0.5) is 0 Å². The highest BCUT2D eigenvalue weighted by atomic mass is 35.5. The van der Waals surface area contributed by atoms with Gasteiger partial charge in [0.25, 0.3) is 0 Å². The average molecular weight is 286 g/mol. The lowest BCUT2D eigenvalue weighted by molar-refractivity contribution is 0.385. The lowest BCUT2D eigenvalue weighted by atomic mass is 9.94. The lowest BCUT2D eigenvalue weighted by Crippen LogP contribution is -2.11. The Bertz CT molecular complexity index is 635. The largest absolute Gasteiger partial charge is 0.423 e. The molecule has 0 atom stereocenters. The molecule has 0 aliphatic carbocycles. The summed E-state index contributed by atoms with van der Waals surface area (Å²) in [5.41, 5.74) is 0.328. The van der Waals surface area contributed by atoms with Crippen molar-refractivity contribution < 1.29 is 4.42 Å². The van der Waals surface area contributed by atoms with E-state index in [1.807, 2.05) is 20.8 Å². The second-order valence-corrected chi connectivity index (χ2v) is 5.92. The molecule has 0 saturated heterocycles. The summed E-state index contributed by atoms with van der Waals surface area (Å²) in [5, 5.41) is 0.933. The fraction of sp³-hybridized carbons (Fsp3) is 0.308. The number of aromatic nitrogens is 1. The molecule has 0 spiro atoms. The van der Waals surface area contributed by atoms with E-state index < -0.39 is 5.76 Å². The predicted molar refractivity (Wildman–Crippen MR) is 73.0 cm³/mol. The first-order valence-electron chi connectivity index (χ1n) is 5.47. The fourth-order valence-electron chi connectivity index (χ4n) is 1.53. The third kappa shape index (κ3) is 2.47. The third-order valence-electron chi connectivity index (χ3n) is 2.55. The van der Waals surface area contributed by atoms with Gasteiger partial charge in [-0.1, -0.05) is 44.0 Å². The Balaban J connectivity index is 2.58. The Morgan fingerprint density at radius 2 is 1.89 bits per heavy atom. The topological polar surface area (TPSA) is 35.1 Å². The summed E-state index contributed by atoms with van der Waals surface area (Å²) in [6.07, 6.45) is 1.66. The van der Waals surface area contributed by atoms with E-state index in [1.165, 1.54) is 4.57 Å². The van der Waals surface area contributed by atoms with Crippen molar-refractivity contribution in [3.63, 3.8) is 0 Å². The normalized spacial score (nSPS) is 11.8. The number of oxazole rings is 1. The van der Waals surface area contributed by atoms with E-state index in [0.717, 1.165) is 0 Å². The minimum absolute atomic E-state index is 0.233. The molecular formula is C13H13Cl2NO2. The summed E-state index contributed by atoms with van der Waals surface area (Å²) >= 11 is 11.9. The van der Waals surface area contributed by atoms with Crippen LogP contribution in [0.5, 0.6) is 0 Å². The molecule has 0 fully saturated rings. The van der Waals surface area contributed by atoms with Crippen molar-refractivity contribution >= 4 is 23.2 Å². The van der Waals surface area contributed by atoms with Gasteiger partial charge in [-0.2, -0.15) is 0 Å². The zero-order valence-corrected chi connectivity index (χ0v) is 11.8. The minimum Gasteiger partial charge on any atom is -0.412 e. The van der Waals surface area contributed by atoms with Gasteiger partial charge >= 0.3 is 5.76 Å². The van der Waals surface area contributed by atoms with Gasteiger partial charge in [0.15, 0.2) is 0 Å². The van der Waals surface area contributed by atoms with Crippen LogP contribution < -0.4 is 5.76 Å². The van der Waals surface area contributed by atoms with E-state index in [1.54, 1.807) is 24.4 Å². The maximum Gasteiger partial charge on any atom is 0.423 e. The van der Waals surface area contributed by atoms with Gasteiger partial charge in [-0.05, 0) is 18.2 Å². The van der Waals surface area contributed by atoms with Crippen LogP contribution in [0.15, 0.2) is 33.6 Å². The molecule has 1 heterocycles. The molecule has 0 N–H and O–H groups in total. The van der Waals surface area contributed by atoms with Crippen molar-refractivity contribution in [2.45, 2.75) is 26.2 Å². The molecule has 1 aromatic heterocycles. The summed E-state index contributed by atoms with van der Waals surface area (Å²) in [4.78, 5) is 11.8. The molecule has 2 rings (SSSR count). The molecular weight excluding hydrogens is 273 g/mol. The average Bonchev–Trinajstić information content (AvgIpc) is 2.60. The second kappa shape index (κ2) is 4.48. The van der Waals surface area contributed by atoms with Crippen molar-refractivity contribution in [1.29, 1.82) is 0 Å². The van der Waals surface area contributed by atoms with Crippen molar-refractivity contribution in [3.05, 3.63) is 50.8 Å². The van der Waals surface area contributed by atoms with Gasteiger partial charge in [0.2, 0.25) is 0 Å². The van der Waals surface area contributed by atoms with Crippen molar-refractivity contribution in [1.82, 2.24) is 4.57 Å². The van der Waals surface area contributed by atoms with Gasteiger partial charge in [-0.3, -0.25) is 0 Å². The van der Waals surface area contributed by atoms with Crippen LogP contribution in [0.3, 0.4) is 0 Å². The zero-order valence-electron chi connectivity index (χ0n) is 10.3. The molecule has 0 saturated carbocycles. The Morgan fingerprint density at radius 3 is 2.39 bits per heavy atom. The molecule has 0 bridgehead atoms.